The van der Waals surface area contributed by atoms with Crippen molar-refractivity contribution in [2.24, 2.45) is 0 Å². The van der Waals surface area contributed by atoms with Crippen LogP contribution in [-0.2, 0) is 4.79 Å². The van der Waals surface area contributed by atoms with Gasteiger partial charge in [0.25, 0.3) is 5.91 Å². The lowest BCUT2D eigenvalue weighted by Crippen LogP contribution is -2.39. The lowest BCUT2D eigenvalue weighted by Gasteiger charge is -2.31. The molecular formula is C22H14Cl2F2N2O2. The Morgan fingerprint density at radius 3 is 2.47 bits per heavy atom. The van der Waals surface area contributed by atoms with E-state index in [0.717, 1.165) is 6.07 Å². The van der Waals surface area contributed by atoms with E-state index < -0.39 is 29.5 Å². The summed E-state index contributed by atoms with van der Waals surface area (Å²) in [6.45, 7) is -0.363. The number of nitrogens with zero attached hydrogens (tertiary/aromatic N) is 1. The molecule has 3 aromatic rings. The summed E-state index contributed by atoms with van der Waals surface area (Å²) in [5.74, 6) is -2.49. The molecule has 0 aliphatic carbocycles. The summed E-state index contributed by atoms with van der Waals surface area (Å²) in [6, 6.07) is 13.5. The summed E-state index contributed by atoms with van der Waals surface area (Å²) >= 11 is 12.2. The molecule has 0 fully saturated rings. The first kappa shape index (κ1) is 20.3. The molecule has 2 amide bonds. The van der Waals surface area contributed by atoms with Gasteiger partial charge in [-0.3, -0.25) is 9.59 Å². The highest BCUT2D eigenvalue weighted by atomic mass is 35.5. The maximum Gasteiger partial charge on any atom is 0.259 e. The predicted octanol–water partition coefficient (Wildman–Crippen LogP) is 5.46. The monoisotopic (exact) mass is 446 g/mol. The van der Waals surface area contributed by atoms with Crippen molar-refractivity contribution in [2.75, 3.05) is 11.9 Å². The van der Waals surface area contributed by atoms with Gasteiger partial charge in [-0.15, -0.1) is 0 Å². The largest absolute Gasteiger partial charge is 0.324 e. The van der Waals surface area contributed by atoms with Crippen molar-refractivity contribution >= 4 is 40.7 Å². The zero-order valence-electron chi connectivity index (χ0n) is 15.3. The number of amides is 2. The third kappa shape index (κ3) is 3.76. The number of carbonyl (C=O) groups excluding carboxylic acids is 2. The van der Waals surface area contributed by atoms with Crippen LogP contribution in [0.4, 0.5) is 14.5 Å². The first-order valence-electron chi connectivity index (χ1n) is 8.95. The van der Waals surface area contributed by atoms with Crippen molar-refractivity contribution in [1.82, 2.24) is 4.90 Å². The molecule has 30 heavy (non-hydrogen) atoms. The fraction of sp³-hybridized carbons (Fsp3) is 0.0909. The minimum absolute atomic E-state index is 0.0705. The fourth-order valence-electron chi connectivity index (χ4n) is 3.52. The SMILES string of the molecule is O=C1CN(C(=O)c2c(F)cccc2Cl)C(c2ccc(F)cc2)c2ccc(Cl)cc2N1. The summed E-state index contributed by atoms with van der Waals surface area (Å²) in [5, 5.41) is 3.04. The topological polar surface area (TPSA) is 49.4 Å². The molecule has 1 N–H and O–H groups in total. The number of halogens is 4. The smallest absolute Gasteiger partial charge is 0.259 e. The lowest BCUT2D eigenvalue weighted by molar-refractivity contribution is -0.117. The average molecular weight is 447 g/mol. The quantitative estimate of drug-likeness (QED) is 0.568. The minimum Gasteiger partial charge on any atom is -0.324 e. The first-order chi connectivity index (χ1) is 14.3. The Balaban J connectivity index is 1.92. The number of rotatable bonds is 2. The molecular weight excluding hydrogens is 433 g/mol. The van der Waals surface area contributed by atoms with Crippen LogP contribution in [0.5, 0.6) is 0 Å². The fourth-order valence-corrected chi connectivity index (χ4v) is 3.93. The Morgan fingerprint density at radius 1 is 1.03 bits per heavy atom. The molecule has 1 aliphatic rings. The van der Waals surface area contributed by atoms with Crippen LogP contribution < -0.4 is 5.32 Å². The molecule has 152 valence electrons. The molecule has 0 spiro atoms. The number of hydrogen-bond donors (Lipinski definition) is 1. The Morgan fingerprint density at radius 2 is 1.77 bits per heavy atom. The van der Waals surface area contributed by atoms with E-state index in [1.165, 1.54) is 41.3 Å². The number of hydrogen-bond acceptors (Lipinski definition) is 2. The van der Waals surface area contributed by atoms with Gasteiger partial charge in [0.15, 0.2) is 0 Å². The Bertz CT molecular complexity index is 1130. The van der Waals surface area contributed by atoms with Gasteiger partial charge in [0.05, 0.1) is 16.6 Å². The van der Waals surface area contributed by atoms with Crippen molar-refractivity contribution in [3.63, 3.8) is 0 Å². The van der Waals surface area contributed by atoms with Crippen LogP contribution >= 0.6 is 23.2 Å². The van der Waals surface area contributed by atoms with E-state index in [9.17, 15) is 18.4 Å². The zero-order chi connectivity index (χ0) is 21.4. The van der Waals surface area contributed by atoms with Gasteiger partial charge in [-0.05, 0) is 42.0 Å². The van der Waals surface area contributed by atoms with E-state index in [-0.39, 0.29) is 17.1 Å². The average Bonchev–Trinajstić information content (AvgIpc) is 2.83. The van der Waals surface area contributed by atoms with Gasteiger partial charge in [0.2, 0.25) is 5.91 Å². The molecule has 4 rings (SSSR count). The molecule has 1 atom stereocenters. The van der Waals surface area contributed by atoms with Crippen LogP contribution in [0.25, 0.3) is 0 Å². The van der Waals surface area contributed by atoms with Gasteiger partial charge >= 0.3 is 0 Å². The number of fused-ring (bicyclic) bond motifs is 1. The summed E-state index contributed by atoms with van der Waals surface area (Å²) in [7, 11) is 0. The van der Waals surface area contributed by atoms with Crippen molar-refractivity contribution < 1.29 is 18.4 Å². The van der Waals surface area contributed by atoms with E-state index in [1.807, 2.05) is 0 Å². The standard InChI is InChI=1S/C22H14Cl2F2N2O2/c23-13-6-9-15-18(10-13)27-19(29)11-28(21(15)12-4-7-14(25)8-5-12)22(30)20-16(24)2-1-3-17(20)26/h1-10,21H,11H2,(H,27,29). The molecule has 0 saturated carbocycles. The van der Waals surface area contributed by atoms with Gasteiger partial charge in [0, 0.05) is 16.3 Å². The molecule has 3 aromatic carbocycles. The molecule has 0 aromatic heterocycles. The van der Waals surface area contributed by atoms with Crippen molar-refractivity contribution in [3.05, 3.63) is 99.0 Å². The third-order valence-electron chi connectivity index (χ3n) is 4.83. The zero-order valence-corrected chi connectivity index (χ0v) is 16.8. The second kappa shape index (κ2) is 8.05. The molecule has 1 unspecified atom stereocenters. The minimum atomic E-state index is -0.806. The Labute approximate surface area is 181 Å². The maximum atomic E-state index is 14.5. The third-order valence-corrected chi connectivity index (χ3v) is 5.38. The number of nitrogens with one attached hydrogen (secondary N) is 1. The Kier molecular flexibility index (Phi) is 5.45. The summed E-state index contributed by atoms with van der Waals surface area (Å²) in [4.78, 5) is 27.2. The number of anilines is 1. The normalized spacial score (nSPS) is 15.9. The number of benzene rings is 3. The van der Waals surface area contributed by atoms with Gasteiger partial charge in [-0.25, -0.2) is 8.78 Å². The Hall–Kier alpha value is -2.96. The molecule has 0 radical (unpaired) electrons. The van der Waals surface area contributed by atoms with Gasteiger partial charge < -0.3 is 10.2 Å². The van der Waals surface area contributed by atoms with Crippen LogP contribution in [0.2, 0.25) is 10.0 Å². The van der Waals surface area contributed by atoms with Crippen LogP contribution in [0, 0.1) is 11.6 Å². The van der Waals surface area contributed by atoms with E-state index >= 15 is 0 Å². The maximum absolute atomic E-state index is 14.5. The highest BCUT2D eigenvalue weighted by Crippen LogP contribution is 2.38. The van der Waals surface area contributed by atoms with Gasteiger partial charge in [-0.1, -0.05) is 47.5 Å². The molecule has 1 aliphatic heterocycles. The molecule has 8 heteroatoms. The van der Waals surface area contributed by atoms with Gasteiger partial charge in [0.1, 0.15) is 18.2 Å². The predicted molar refractivity (Wildman–Crippen MR) is 111 cm³/mol. The van der Waals surface area contributed by atoms with Crippen LogP contribution in [0.15, 0.2) is 60.7 Å². The van der Waals surface area contributed by atoms with E-state index in [1.54, 1.807) is 18.2 Å². The second-order valence-corrected chi connectivity index (χ2v) is 7.61. The van der Waals surface area contributed by atoms with Crippen LogP contribution in [0.1, 0.15) is 27.5 Å². The van der Waals surface area contributed by atoms with Crippen LogP contribution in [0.3, 0.4) is 0 Å². The first-order valence-corrected chi connectivity index (χ1v) is 9.70. The van der Waals surface area contributed by atoms with Crippen molar-refractivity contribution in [2.45, 2.75) is 6.04 Å². The van der Waals surface area contributed by atoms with Crippen LogP contribution in [-0.4, -0.2) is 23.3 Å². The molecule has 0 bridgehead atoms. The van der Waals surface area contributed by atoms with Gasteiger partial charge in [-0.2, -0.15) is 0 Å². The number of carbonyl (C=O) groups is 2. The van der Waals surface area contributed by atoms with Crippen molar-refractivity contribution in [1.29, 1.82) is 0 Å². The highest BCUT2D eigenvalue weighted by Gasteiger charge is 2.35. The lowest BCUT2D eigenvalue weighted by atomic mass is 9.95. The molecule has 0 saturated heterocycles. The summed E-state index contributed by atoms with van der Waals surface area (Å²) in [5.41, 5.74) is 1.17. The summed E-state index contributed by atoms with van der Waals surface area (Å²) in [6.07, 6.45) is 0. The molecule has 1 heterocycles. The van der Waals surface area contributed by atoms with Crippen molar-refractivity contribution in [3.8, 4) is 0 Å². The highest BCUT2D eigenvalue weighted by molar-refractivity contribution is 6.34. The van der Waals surface area contributed by atoms with E-state index in [4.69, 9.17) is 23.2 Å². The second-order valence-electron chi connectivity index (χ2n) is 6.76. The summed E-state index contributed by atoms with van der Waals surface area (Å²) < 4.78 is 28.0. The molecule has 4 nitrogen and oxygen atoms in total. The van der Waals surface area contributed by atoms with E-state index in [2.05, 4.69) is 5.32 Å². The van der Waals surface area contributed by atoms with E-state index in [0.29, 0.717) is 21.8 Å².